The second-order valence-corrected chi connectivity index (χ2v) is 4.48. The fourth-order valence-corrected chi connectivity index (χ4v) is 1.87. The van der Waals surface area contributed by atoms with E-state index < -0.39 is 17.5 Å². The van der Waals surface area contributed by atoms with Crippen molar-refractivity contribution >= 4 is 11.6 Å². The summed E-state index contributed by atoms with van der Waals surface area (Å²) in [5.41, 5.74) is 0.426. The first-order valence-corrected chi connectivity index (χ1v) is 6.41. The minimum Gasteiger partial charge on any atom is -0.444 e. The molecule has 3 rings (SSSR count). The van der Waals surface area contributed by atoms with E-state index in [2.05, 4.69) is 10.3 Å². The lowest BCUT2D eigenvalue weighted by atomic mass is 10.2. The number of rotatable bonds is 3. The van der Waals surface area contributed by atoms with Crippen molar-refractivity contribution < 1.29 is 18.0 Å². The van der Waals surface area contributed by atoms with E-state index >= 15 is 0 Å². The summed E-state index contributed by atoms with van der Waals surface area (Å²) in [5.74, 6) is -1.80. The fourth-order valence-electron chi connectivity index (χ4n) is 1.87. The molecule has 0 spiro atoms. The average molecular weight is 300 g/mol. The Morgan fingerprint density at radius 2 is 1.86 bits per heavy atom. The molecular formula is C16H10F2N2O2. The lowest BCUT2D eigenvalue weighted by molar-refractivity contribution is 0.102. The molecule has 0 aliphatic carbocycles. The van der Waals surface area contributed by atoms with Crippen LogP contribution in [0, 0.1) is 11.6 Å². The van der Waals surface area contributed by atoms with E-state index in [1.165, 1.54) is 0 Å². The van der Waals surface area contributed by atoms with Crippen LogP contribution in [-0.2, 0) is 0 Å². The zero-order chi connectivity index (χ0) is 15.5. The van der Waals surface area contributed by atoms with Gasteiger partial charge in [0.05, 0.1) is 5.69 Å². The van der Waals surface area contributed by atoms with Gasteiger partial charge in [-0.05, 0) is 24.3 Å². The lowest BCUT2D eigenvalue weighted by Crippen LogP contribution is -2.13. The largest absolute Gasteiger partial charge is 0.444 e. The Hall–Kier alpha value is -3.02. The zero-order valence-electron chi connectivity index (χ0n) is 11.2. The molecule has 1 heterocycles. The Morgan fingerprint density at radius 3 is 2.64 bits per heavy atom. The predicted molar refractivity (Wildman–Crippen MR) is 76.3 cm³/mol. The number of nitrogens with zero attached hydrogens (tertiary/aromatic N) is 1. The molecule has 3 aromatic rings. The molecule has 0 aliphatic rings. The Balaban J connectivity index is 1.81. The fraction of sp³-hybridized carbons (Fsp3) is 0. The monoisotopic (exact) mass is 300 g/mol. The molecule has 0 saturated carbocycles. The number of hydrogen-bond acceptors (Lipinski definition) is 3. The molecule has 2 aromatic carbocycles. The van der Waals surface area contributed by atoms with Crippen LogP contribution in [0.5, 0.6) is 0 Å². The summed E-state index contributed by atoms with van der Waals surface area (Å²) in [7, 11) is 0. The first kappa shape index (κ1) is 13.9. The van der Waals surface area contributed by atoms with Gasteiger partial charge < -0.3 is 9.73 Å². The standard InChI is InChI=1S/C16H10F2N2O2/c17-11-6-7-12(18)13(8-11)19-15(21)14-9-22-16(20-14)10-4-2-1-3-5-10/h1-9H,(H,19,21). The van der Waals surface area contributed by atoms with E-state index in [9.17, 15) is 13.6 Å². The summed E-state index contributed by atoms with van der Waals surface area (Å²) in [6.45, 7) is 0. The smallest absolute Gasteiger partial charge is 0.277 e. The Labute approximate surface area is 124 Å². The summed E-state index contributed by atoms with van der Waals surface area (Å²) in [4.78, 5) is 16.0. The third-order valence-electron chi connectivity index (χ3n) is 2.93. The number of oxazole rings is 1. The van der Waals surface area contributed by atoms with Crippen molar-refractivity contribution in [2.24, 2.45) is 0 Å². The Morgan fingerprint density at radius 1 is 1.09 bits per heavy atom. The third kappa shape index (κ3) is 2.85. The molecule has 0 atom stereocenters. The highest BCUT2D eigenvalue weighted by Crippen LogP contribution is 2.20. The van der Waals surface area contributed by atoms with Crippen molar-refractivity contribution in [1.29, 1.82) is 0 Å². The minimum absolute atomic E-state index is 0.0254. The van der Waals surface area contributed by atoms with E-state index in [1.54, 1.807) is 24.3 Å². The van der Waals surface area contributed by atoms with Crippen molar-refractivity contribution in [2.75, 3.05) is 5.32 Å². The van der Waals surface area contributed by atoms with Crippen LogP contribution in [-0.4, -0.2) is 10.9 Å². The van der Waals surface area contributed by atoms with E-state index in [0.29, 0.717) is 5.56 Å². The summed E-state index contributed by atoms with van der Waals surface area (Å²) in [6.07, 6.45) is 1.16. The number of carbonyl (C=O) groups excluding carboxylic acids is 1. The van der Waals surface area contributed by atoms with Crippen LogP contribution in [0.15, 0.2) is 59.2 Å². The highest BCUT2D eigenvalue weighted by atomic mass is 19.1. The lowest BCUT2D eigenvalue weighted by Gasteiger charge is -2.04. The second-order valence-electron chi connectivity index (χ2n) is 4.48. The van der Waals surface area contributed by atoms with Crippen LogP contribution in [0.2, 0.25) is 0 Å². The van der Waals surface area contributed by atoms with Gasteiger partial charge in [-0.25, -0.2) is 13.8 Å². The topological polar surface area (TPSA) is 55.1 Å². The van der Waals surface area contributed by atoms with Crippen LogP contribution >= 0.6 is 0 Å². The molecular weight excluding hydrogens is 290 g/mol. The van der Waals surface area contributed by atoms with Crippen molar-refractivity contribution in [1.82, 2.24) is 4.98 Å². The summed E-state index contributed by atoms with van der Waals surface area (Å²) >= 11 is 0. The van der Waals surface area contributed by atoms with E-state index in [0.717, 1.165) is 24.5 Å². The maximum atomic E-state index is 13.5. The van der Waals surface area contributed by atoms with E-state index in [1.807, 2.05) is 6.07 Å². The first-order chi connectivity index (χ1) is 10.6. The van der Waals surface area contributed by atoms with Gasteiger partial charge in [0.1, 0.15) is 17.9 Å². The quantitative estimate of drug-likeness (QED) is 0.798. The molecule has 22 heavy (non-hydrogen) atoms. The molecule has 4 nitrogen and oxygen atoms in total. The number of anilines is 1. The SMILES string of the molecule is O=C(Nc1cc(F)ccc1F)c1coc(-c2ccccc2)n1. The van der Waals surface area contributed by atoms with Crippen LogP contribution < -0.4 is 5.32 Å². The number of carbonyl (C=O) groups is 1. The molecule has 0 bridgehead atoms. The summed E-state index contributed by atoms with van der Waals surface area (Å²) < 4.78 is 31.8. The van der Waals surface area contributed by atoms with Crippen LogP contribution in [0.25, 0.3) is 11.5 Å². The molecule has 0 unspecified atom stereocenters. The van der Waals surface area contributed by atoms with Gasteiger partial charge in [0.25, 0.3) is 5.91 Å². The summed E-state index contributed by atoms with van der Waals surface area (Å²) in [5, 5.41) is 2.26. The third-order valence-corrected chi connectivity index (χ3v) is 2.93. The normalized spacial score (nSPS) is 10.5. The number of benzene rings is 2. The molecule has 6 heteroatoms. The second kappa shape index (κ2) is 5.77. The van der Waals surface area contributed by atoms with E-state index in [4.69, 9.17) is 4.42 Å². The maximum absolute atomic E-state index is 13.5. The van der Waals surface area contributed by atoms with Crippen LogP contribution in [0.4, 0.5) is 14.5 Å². The van der Waals surface area contributed by atoms with Gasteiger partial charge in [-0.15, -0.1) is 0 Å². The number of nitrogens with one attached hydrogen (secondary N) is 1. The van der Waals surface area contributed by atoms with Gasteiger partial charge in [0, 0.05) is 11.6 Å². The Bertz CT molecular complexity index is 816. The van der Waals surface area contributed by atoms with Gasteiger partial charge in [0.15, 0.2) is 5.69 Å². The number of halogens is 2. The Kier molecular flexibility index (Phi) is 3.65. The molecule has 1 amide bonds. The molecule has 1 N–H and O–H groups in total. The van der Waals surface area contributed by atoms with Gasteiger partial charge in [-0.2, -0.15) is 0 Å². The molecule has 110 valence electrons. The first-order valence-electron chi connectivity index (χ1n) is 6.41. The highest BCUT2D eigenvalue weighted by molar-refractivity contribution is 6.02. The highest BCUT2D eigenvalue weighted by Gasteiger charge is 2.15. The zero-order valence-corrected chi connectivity index (χ0v) is 11.2. The molecule has 0 fully saturated rings. The number of amides is 1. The van der Waals surface area contributed by atoms with Crippen LogP contribution in [0.3, 0.4) is 0 Å². The maximum Gasteiger partial charge on any atom is 0.277 e. The average Bonchev–Trinajstić information content (AvgIpc) is 3.02. The van der Waals surface area contributed by atoms with Crippen molar-refractivity contribution in [3.63, 3.8) is 0 Å². The molecule has 1 aromatic heterocycles. The summed E-state index contributed by atoms with van der Waals surface area (Å²) in [6, 6.07) is 11.8. The number of hydrogen-bond donors (Lipinski definition) is 1. The van der Waals surface area contributed by atoms with Gasteiger partial charge in [0.2, 0.25) is 5.89 Å². The number of aromatic nitrogens is 1. The van der Waals surface area contributed by atoms with Crippen molar-refractivity contribution in [2.45, 2.75) is 0 Å². The minimum atomic E-state index is -0.735. The van der Waals surface area contributed by atoms with Crippen LogP contribution in [0.1, 0.15) is 10.5 Å². The molecule has 0 saturated heterocycles. The van der Waals surface area contributed by atoms with Gasteiger partial charge in [-0.1, -0.05) is 18.2 Å². The predicted octanol–water partition coefficient (Wildman–Crippen LogP) is 3.87. The van der Waals surface area contributed by atoms with Crippen molar-refractivity contribution in [3.05, 3.63) is 72.1 Å². The molecule has 0 radical (unpaired) electrons. The van der Waals surface area contributed by atoms with Gasteiger partial charge in [-0.3, -0.25) is 4.79 Å². The van der Waals surface area contributed by atoms with Gasteiger partial charge >= 0.3 is 0 Å². The molecule has 0 aliphatic heterocycles. The van der Waals surface area contributed by atoms with Crippen molar-refractivity contribution in [3.8, 4) is 11.5 Å². The van der Waals surface area contributed by atoms with E-state index in [-0.39, 0.29) is 17.3 Å².